The van der Waals surface area contributed by atoms with E-state index in [4.69, 9.17) is 15.2 Å². The molecule has 1 amide bonds. The van der Waals surface area contributed by atoms with Gasteiger partial charge in [-0.1, -0.05) is 24.3 Å². The van der Waals surface area contributed by atoms with Gasteiger partial charge in [0.15, 0.2) is 12.6 Å². The fourth-order valence-corrected chi connectivity index (χ4v) is 2.27. The number of hydrogen-bond donors (Lipinski definition) is 3. The number of nitrogens with two attached hydrogens (primary N) is 1. The zero-order valence-electron chi connectivity index (χ0n) is 15.7. The molecule has 0 aliphatic heterocycles. The third kappa shape index (κ3) is 7.27. The molecule has 27 heavy (non-hydrogen) atoms. The second-order valence-electron chi connectivity index (χ2n) is 5.83. The minimum atomic E-state index is -0.169. The molecule has 0 radical (unpaired) electrons. The van der Waals surface area contributed by atoms with Crippen molar-refractivity contribution in [3.05, 3.63) is 59.7 Å². The van der Waals surface area contributed by atoms with Crippen LogP contribution in [0.25, 0.3) is 0 Å². The summed E-state index contributed by atoms with van der Waals surface area (Å²) in [7, 11) is 3.22. The first-order chi connectivity index (χ1) is 13.1. The van der Waals surface area contributed by atoms with Gasteiger partial charge in [0.2, 0.25) is 0 Å². The monoisotopic (exact) mass is 370 g/mol. The molecule has 0 aliphatic carbocycles. The molecule has 0 saturated carbocycles. The predicted octanol–water partition coefficient (Wildman–Crippen LogP) is 1.47. The van der Waals surface area contributed by atoms with Gasteiger partial charge in [-0.25, -0.2) is 4.99 Å². The third-order valence-electron chi connectivity index (χ3n) is 3.88. The number of benzene rings is 2. The van der Waals surface area contributed by atoms with Crippen LogP contribution in [-0.4, -0.2) is 39.2 Å². The number of nitrogens with zero attached hydrogens (tertiary/aromatic N) is 1. The van der Waals surface area contributed by atoms with Gasteiger partial charge in [-0.2, -0.15) is 0 Å². The number of likely N-dealkylation sites (N-methyl/N-ethyl adjacent to an activating group) is 1. The van der Waals surface area contributed by atoms with E-state index in [1.807, 2.05) is 36.4 Å². The summed E-state index contributed by atoms with van der Waals surface area (Å²) in [6.07, 6.45) is 0.845. The molecular weight excluding hydrogens is 344 g/mol. The van der Waals surface area contributed by atoms with Gasteiger partial charge in [0.25, 0.3) is 5.91 Å². The molecule has 0 saturated heterocycles. The van der Waals surface area contributed by atoms with Crippen molar-refractivity contribution in [2.45, 2.75) is 13.0 Å². The first kappa shape index (κ1) is 20.1. The second kappa shape index (κ2) is 10.7. The van der Waals surface area contributed by atoms with Gasteiger partial charge < -0.3 is 25.8 Å². The highest BCUT2D eigenvalue weighted by Crippen LogP contribution is 2.13. The number of carbonyl (C=O) groups is 1. The van der Waals surface area contributed by atoms with Gasteiger partial charge >= 0.3 is 0 Å². The Balaban J connectivity index is 1.73. The number of aliphatic imine (C=N–C) groups is 1. The molecule has 0 heterocycles. The summed E-state index contributed by atoms with van der Waals surface area (Å²) in [5.41, 5.74) is 8.11. The van der Waals surface area contributed by atoms with Crippen LogP contribution >= 0.6 is 0 Å². The van der Waals surface area contributed by atoms with Crippen molar-refractivity contribution in [3.63, 3.8) is 0 Å². The molecule has 0 fully saturated rings. The summed E-state index contributed by atoms with van der Waals surface area (Å²) in [5, 5.41) is 5.61. The summed E-state index contributed by atoms with van der Waals surface area (Å²) in [6.45, 7) is 1.17. The Morgan fingerprint density at radius 2 is 1.67 bits per heavy atom. The second-order valence-corrected chi connectivity index (χ2v) is 5.83. The molecule has 0 aliphatic rings. The standard InChI is InChI=1S/C20H26N4O3/c1-22-19(25)14-27-18-9-5-16(6-10-18)13-24-20(21)23-12-11-15-3-7-17(26-2)8-4-15/h3-10H,11-14H2,1-2H3,(H,22,25)(H3,21,23,24). The maximum Gasteiger partial charge on any atom is 0.257 e. The molecule has 7 heteroatoms. The molecule has 2 rings (SSSR count). The number of guanidine groups is 1. The normalized spacial score (nSPS) is 11.0. The number of nitrogens with one attached hydrogen (secondary N) is 2. The number of carbonyl (C=O) groups excluding carboxylic acids is 1. The molecule has 7 nitrogen and oxygen atoms in total. The highest BCUT2D eigenvalue weighted by Gasteiger charge is 2.00. The highest BCUT2D eigenvalue weighted by atomic mass is 16.5. The summed E-state index contributed by atoms with van der Waals surface area (Å²) >= 11 is 0. The molecule has 2 aromatic carbocycles. The van der Waals surface area contributed by atoms with Crippen molar-refractivity contribution in [1.29, 1.82) is 0 Å². The van der Waals surface area contributed by atoms with Crippen LogP contribution in [0, 0.1) is 0 Å². The molecule has 144 valence electrons. The van der Waals surface area contributed by atoms with E-state index >= 15 is 0 Å². The van der Waals surface area contributed by atoms with Gasteiger partial charge in [0, 0.05) is 13.6 Å². The maximum absolute atomic E-state index is 11.2. The molecule has 0 aromatic heterocycles. The van der Waals surface area contributed by atoms with E-state index in [1.165, 1.54) is 5.56 Å². The molecule has 2 aromatic rings. The van der Waals surface area contributed by atoms with Crippen LogP contribution in [0.5, 0.6) is 11.5 Å². The van der Waals surface area contributed by atoms with E-state index in [-0.39, 0.29) is 12.5 Å². The van der Waals surface area contributed by atoms with Crippen molar-refractivity contribution in [3.8, 4) is 11.5 Å². The van der Waals surface area contributed by atoms with Crippen molar-refractivity contribution in [1.82, 2.24) is 10.6 Å². The van der Waals surface area contributed by atoms with Crippen molar-refractivity contribution < 1.29 is 14.3 Å². The largest absolute Gasteiger partial charge is 0.497 e. The molecule has 0 spiro atoms. The number of hydrogen-bond acceptors (Lipinski definition) is 4. The number of rotatable bonds is 9. The zero-order chi connectivity index (χ0) is 19.5. The van der Waals surface area contributed by atoms with Gasteiger partial charge in [0.05, 0.1) is 13.7 Å². The maximum atomic E-state index is 11.2. The predicted molar refractivity (Wildman–Crippen MR) is 106 cm³/mol. The lowest BCUT2D eigenvalue weighted by Crippen LogP contribution is -2.33. The molecule has 0 unspecified atom stereocenters. The van der Waals surface area contributed by atoms with Crippen LogP contribution in [-0.2, 0) is 17.8 Å². The Morgan fingerprint density at radius 1 is 1.04 bits per heavy atom. The number of methoxy groups -OCH3 is 1. The van der Waals surface area contributed by atoms with E-state index in [9.17, 15) is 4.79 Å². The Labute approximate surface area is 159 Å². The minimum absolute atomic E-state index is 0.000929. The fraction of sp³-hybridized carbons (Fsp3) is 0.300. The van der Waals surface area contributed by atoms with Crippen LogP contribution in [0.15, 0.2) is 53.5 Å². The smallest absolute Gasteiger partial charge is 0.257 e. The van der Waals surface area contributed by atoms with E-state index in [1.54, 1.807) is 26.3 Å². The first-order valence-corrected chi connectivity index (χ1v) is 8.69. The Kier molecular flexibility index (Phi) is 7.96. The minimum Gasteiger partial charge on any atom is -0.497 e. The lowest BCUT2D eigenvalue weighted by atomic mass is 10.1. The van der Waals surface area contributed by atoms with E-state index in [0.717, 1.165) is 17.7 Å². The van der Waals surface area contributed by atoms with Crippen molar-refractivity contribution in [2.75, 3.05) is 27.3 Å². The molecule has 0 bridgehead atoms. The quantitative estimate of drug-likeness (QED) is 0.459. The van der Waals surface area contributed by atoms with Crippen LogP contribution in [0.3, 0.4) is 0 Å². The van der Waals surface area contributed by atoms with Crippen LogP contribution in [0.4, 0.5) is 0 Å². The average molecular weight is 370 g/mol. The topological polar surface area (TPSA) is 98.0 Å². The lowest BCUT2D eigenvalue weighted by Gasteiger charge is -2.07. The molecule has 0 atom stereocenters. The lowest BCUT2D eigenvalue weighted by molar-refractivity contribution is -0.122. The van der Waals surface area contributed by atoms with Gasteiger partial charge in [-0.05, 0) is 41.8 Å². The van der Waals surface area contributed by atoms with Crippen LogP contribution < -0.4 is 25.8 Å². The Morgan fingerprint density at radius 3 is 2.30 bits per heavy atom. The first-order valence-electron chi connectivity index (χ1n) is 8.69. The Hall–Kier alpha value is -3.22. The van der Waals surface area contributed by atoms with Gasteiger partial charge in [-0.3, -0.25) is 4.79 Å². The molecular formula is C20H26N4O3. The van der Waals surface area contributed by atoms with Crippen LogP contribution in [0.2, 0.25) is 0 Å². The summed E-state index contributed by atoms with van der Waals surface area (Å²) in [6, 6.07) is 15.3. The number of amides is 1. The molecule has 4 N–H and O–H groups in total. The van der Waals surface area contributed by atoms with Gasteiger partial charge in [-0.15, -0.1) is 0 Å². The summed E-state index contributed by atoms with van der Waals surface area (Å²) in [5.74, 6) is 1.72. The zero-order valence-corrected chi connectivity index (χ0v) is 15.7. The fourth-order valence-electron chi connectivity index (χ4n) is 2.27. The van der Waals surface area contributed by atoms with Gasteiger partial charge in [0.1, 0.15) is 11.5 Å². The van der Waals surface area contributed by atoms with E-state index in [0.29, 0.717) is 24.8 Å². The summed E-state index contributed by atoms with van der Waals surface area (Å²) < 4.78 is 10.5. The third-order valence-corrected chi connectivity index (χ3v) is 3.88. The SMILES string of the molecule is CNC(=O)COc1ccc(CN=C(N)NCCc2ccc(OC)cc2)cc1. The van der Waals surface area contributed by atoms with Crippen molar-refractivity contribution in [2.24, 2.45) is 10.7 Å². The highest BCUT2D eigenvalue weighted by molar-refractivity contribution is 5.78. The van der Waals surface area contributed by atoms with Crippen molar-refractivity contribution >= 4 is 11.9 Å². The summed E-state index contributed by atoms with van der Waals surface area (Å²) in [4.78, 5) is 15.5. The van der Waals surface area contributed by atoms with Crippen LogP contribution in [0.1, 0.15) is 11.1 Å². The van der Waals surface area contributed by atoms with E-state index in [2.05, 4.69) is 15.6 Å². The van der Waals surface area contributed by atoms with E-state index < -0.39 is 0 Å². The number of ether oxygens (including phenoxy) is 2. The Bertz CT molecular complexity index is 743. The average Bonchev–Trinajstić information content (AvgIpc) is 2.71.